The average Bonchev–Trinajstić information content (AvgIpc) is 2.56. The first-order chi connectivity index (χ1) is 10.7. The van der Waals surface area contributed by atoms with Gasteiger partial charge in [0.1, 0.15) is 5.75 Å². The van der Waals surface area contributed by atoms with Crippen molar-refractivity contribution < 1.29 is 9.53 Å². The topological polar surface area (TPSA) is 39.2 Å². The molecule has 0 saturated heterocycles. The Kier molecular flexibility index (Phi) is 6.13. The molecule has 1 heterocycles. The van der Waals surface area contributed by atoms with Gasteiger partial charge < -0.3 is 4.74 Å². The summed E-state index contributed by atoms with van der Waals surface area (Å²) in [7, 11) is 0. The van der Waals surface area contributed by atoms with E-state index in [1.807, 2.05) is 25.1 Å². The van der Waals surface area contributed by atoms with Gasteiger partial charge in [-0.3, -0.25) is 9.78 Å². The van der Waals surface area contributed by atoms with Crippen molar-refractivity contribution in [3.8, 4) is 17.0 Å². The van der Waals surface area contributed by atoms with Crippen molar-refractivity contribution in [3.63, 3.8) is 0 Å². The van der Waals surface area contributed by atoms with Crippen molar-refractivity contribution in [2.45, 2.75) is 39.5 Å². The third-order valence-electron chi connectivity index (χ3n) is 3.65. The van der Waals surface area contributed by atoms with Gasteiger partial charge in [0.25, 0.3) is 0 Å². The monoisotopic (exact) mass is 297 g/mol. The molecule has 3 heteroatoms. The van der Waals surface area contributed by atoms with Crippen molar-refractivity contribution in [3.05, 3.63) is 47.7 Å². The van der Waals surface area contributed by atoms with Gasteiger partial charge >= 0.3 is 0 Å². The van der Waals surface area contributed by atoms with Gasteiger partial charge in [-0.2, -0.15) is 0 Å². The number of pyridine rings is 1. The summed E-state index contributed by atoms with van der Waals surface area (Å²) in [4.78, 5) is 15.0. The molecule has 22 heavy (non-hydrogen) atoms. The summed E-state index contributed by atoms with van der Waals surface area (Å²) < 4.78 is 5.84. The van der Waals surface area contributed by atoms with Gasteiger partial charge in [0.05, 0.1) is 12.3 Å². The highest BCUT2D eigenvalue weighted by Gasteiger charge is 2.04. The van der Waals surface area contributed by atoms with Gasteiger partial charge in [0, 0.05) is 17.3 Å². The van der Waals surface area contributed by atoms with E-state index in [9.17, 15) is 4.79 Å². The lowest BCUT2D eigenvalue weighted by atomic mass is 10.1. The number of ether oxygens (including phenoxy) is 1. The number of hydrogen-bond acceptors (Lipinski definition) is 3. The molecular formula is C19H23NO2. The standard InChI is InChI=1S/C19H23NO2/c1-3-4-5-6-11-22-19-10-8-17(12-15(19)2)18-9-7-16(14-21)13-20-18/h7-10,12-14H,3-6,11H2,1-2H3. The van der Waals surface area contributed by atoms with Crippen LogP contribution in [0.15, 0.2) is 36.5 Å². The minimum Gasteiger partial charge on any atom is -0.493 e. The molecule has 1 aromatic heterocycles. The number of aromatic nitrogens is 1. The zero-order chi connectivity index (χ0) is 15.8. The molecule has 2 aromatic rings. The van der Waals surface area contributed by atoms with Crippen molar-refractivity contribution in [1.82, 2.24) is 4.98 Å². The molecule has 0 atom stereocenters. The van der Waals surface area contributed by atoms with Crippen LogP contribution in [0.4, 0.5) is 0 Å². The van der Waals surface area contributed by atoms with Crippen LogP contribution in [0, 0.1) is 6.92 Å². The van der Waals surface area contributed by atoms with E-state index in [1.165, 1.54) is 19.3 Å². The molecule has 0 aliphatic rings. The first kappa shape index (κ1) is 16.2. The molecule has 0 spiro atoms. The summed E-state index contributed by atoms with van der Waals surface area (Å²) in [5.41, 5.74) is 3.60. The van der Waals surface area contributed by atoms with Gasteiger partial charge in [0.2, 0.25) is 0 Å². The summed E-state index contributed by atoms with van der Waals surface area (Å²) in [6.45, 7) is 5.02. The van der Waals surface area contributed by atoms with E-state index in [1.54, 1.807) is 12.3 Å². The lowest BCUT2D eigenvalue weighted by molar-refractivity contribution is 0.112. The number of hydrogen-bond donors (Lipinski definition) is 0. The Balaban J connectivity index is 2.00. The summed E-state index contributed by atoms with van der Waals surface area (Å²) in [5, 5.41) is 0. The van der Waals surface area contributed by atoms with Crippen LogP contribution in [-0.4, -0.2) is 17.9 Å². The molecule has 3 nitrogen and oxygen atoms in total. The molecule has 0 bridgehead atoms. The molecule has 2 rings (SSSR count). The number of carbonyl (C=O) groups excluding carboxylic acids is 1. The number of aryl methyl sites for hydroxylation is 1. The number of rotatable bonds is 8. The third-order valence-corrected chi connectivity index (χ3v) is 3.65. The Morgan fingerprint density at radius 1 is 1.14 bits per heavy atom. The predicted molar refractivity (Wildman–Crippen MR) is 89.4 cm³/mol. The molecule has 0 aliphatic carbocycles. The third kappa shape index (κ3) is 4.42. The SMILES string of the molecule is CCCCCCOc1ccc(-c2ccc(C=O)cn2)cc1C. The van der Waals surface area contributed by atoms with Crippen LogP contribution in [0.5, 0.6) is 5.75 Å². The summed E-state index contributed by atoms with van der Waals surface area (Å²) in [6, 6.07) is 9.73. The molecule has 0 fully saturated rings. The van der Waals surface area contributed by atoms with Crippen molar-refractivity contribution in [1.29, 1.82) is 0 Å². The Labute approximate surface area is 132 Å². The van der Waals surface area contributed by atoms with Crippen LogP contribution < -0.4 is 4.74 Å². The lowest BCUT2D eigenvalue weighted by Crippen LogP contribution is -1.99. The molecular weight excluding hydrogens is 274 g/mol. The van der Waals surface area contributed by atoms with Crippen LogP contribution in [0.1, 0.15) is 48.5 Å². The fourth-order valence-corrected chi connectivity index (χ4v) is 2.33. The van der Waals surface area contributed by atoms with E-state index in [2.05, 4.69) is 18.0 Å². The smallest absolute Gasteiger partial charge is 0.151 e. The molecule has 0 amide bonds. The molecule has 0 saturated carbocycles. The number of carbonyl (C=O) groups is 1. The highest BCUT2D eigenvalue weighted by molar-refractivity contribution is 5.75. The molecule has 116 valence electrons. The molecule has 0 N–H and O–H groups in total. The second kappa shape index (κ2) is 8.32. The summed E-state index contributed by atoms with van der Waals surface area (Å²) in [5.74, 6) is 0.935. The van der Waals surface area contributed by atoms with E-state index in [-0.39, 0.29) is 0 Å². The lowest BCUT2D eigenvalue weighted by Gasteiger charge is -2.10. The summed E-state index contributed by atoms with van der Waals surface area (Å²) >= 11 is 0. The number of benzene rings is 1. The molecule has 0 radical (unpaired) electrons. The van der Waals surface area contributed by atoms with Crippen LogP contribution in [0.2, 0.25) is 0 Å². The first-order valence-electron chi connectivity index (χ1n) is 7.89. The van der Waals surface area contributed by atoms with Gasteiger partial charge in [-0.15, -0.1) is 0 Å². The van der Waals surface area contributed by atoms with Gasteiger partial charge in [-0.25, -0.2) is 0 Å². The quantitative estimate of drug-likeness (QED) is 0.517. The Morgan fingerprint density at radius 3 is 2.64 bits per heavy atom. The van der Waals surface area contributed by atoms with Crippen LogP contribution >= 0.6 is 0 Å². The van der Waals surface area contributed by atoms with Gasteiger partial charge in [0.15, 0.2) is 6.29 Å². The van der Waals surface area contributed by atoms with Crippen molar-refractivity contribution in [2.75, 3.05) is 6.61 Å². The molecule has 0 unspecified atom stereocenters. The highest BCUT2D eigenvalue weighted by Crippen LogP contribution is 2.25. The van der Waals surface area contributed by atoms with E-state index in [0.29, 0.717) is 5.56 Å². The van der Waals surface area contributed by atoms with Crippen LogP contribution in [0.25, 0.3) is 11.3 Å². The van der Waals surface area contributed by atoms with E-state index >= 15 is 0 Å². The molecule has 0 aliphatic heterocycles. The minimum atomic E-state index is 0.590. The van der Waals surface area contributed by atoms with Crippen LogP contribution in [-0.2, 0) is 0 Å². The Bertz CT molecular complexity index is 605. The Morgan fingerprint density at radius 2 is 2.00 bits per heavy atom. The second-order valence-electron chi connectivity index (χ2n) is 5.48. The maximum atomic E-state index is 10.7. The normalized spacial score (nSPS) is 10.5. The van der Waals surface area contributed by atoms with E-state index < -0.39 is 0 Å². The minimum absolute atomic E-state index is 0.590. The number of nitrogens with zero attached hydrogens (tertiary/aromatic N) is 1. The predicted octanol–water partition coefficient (Wildman–Crippen LogP) is 4.83. The zero-order valence-electron chi connectivity index (χ0n) is 13.3. The van der Waals surface area contributed by atoms with Crippen molar-refractivity contribution in [2.24, 2.45) is 0 Å². The maximum absolute atomic E-state index is 10.7. The fraction of sp³-hybridized carbons (Fsp3) is 0.368. The first-order valence-corrected chi connectivity index (χ1v) is 7.89. The van der Waals surface area contributed by atoms with Crippen molar-refractivity contribution >= 4 is 6.29 Å². The second-order valence-corrected chi connectivity index (χ2v) is 5.48. The largest absolute Gasteiger partial charge is 0.493 e. The fourth-order valence-electron chi connectivity index (χ4n) is 2.33. The molecule has 1 aromatic carbocycles. The Hall–Kier alpha value is -2.16. The highest BCUT2D eigenvalue weighted by atomic mass is 16.5. The number of aldehydes is 1. The zero-order valence-corrected chi connectivity index (χ0v) is 13.3. The van der Waals surface area contributed by atoms with Crippen LogP contribution in [0.3, 0.4) is 0 Å². The van der Waals surface area contributed by atoms with E-state index in [0.717, 1.165) is 41.9 Å². The van der Waals surface area contributed by atoms with E-state index in [4.69, 9.17) is 4.74 Å². The number of unbranched alkanes of at least 4 members (excludes halogenated alkanes) is 3. The maximum Gasteiger partial charge on any atom is 0.151 e. The van der Waals surface area contributed by atoms with Gasteiger partial charge in [-0.1, -0.05) is 26.2 Å². The van der Waals surface area contributed by atoms with Gasteiger partial charge in [-0.05, 0) is 49.2 Å². The summed E-state index contributed by atoms with van der Waals surface area (Å²) in [6.07, 6.45) is 7.23. The average molecular weight is 297 g/mol.